The van der Waals surface area contributed by atoms with Crippen LogP contribution in [0, 0.1) is 0 Å². The van der Waals surface area contributed by atoms with Crippen LogP contribution in [0.3, 0.4) is 0 Å². The monoisotopic (exact) mass is 438 g/mol. The first kappa shape index (κ1) is 20.3. The van der Waals surface area contributed by atoms with Crippen LogP contribution in [0.1, 0.15) is 21.9 Å². The van der Waals surface area contributed by atoms with Gasteiger partial charge in [0.2, 0.25) is 0 Å². The van der Waals surface area contributed by atoms with Crippen LogP contribution in [0.4, 0.5) is 0 Å². The maximum absolute atomic E-state index is 12.9. The standard InChI is InChI=1S/C25H18N4O4/c30-21-13-23(33-22-11-4-3-10-19(21)22)24(31)27-14-20-17-8-1-2-9-18(17)25(32)29(28-20)15-16-7-5-6-12-26-16/h1-13H,14-15H2,(H,27,31). The number of nitrogens with zero attached hydrogens (tertiary/aromatic N) is 3. The highest BCUT2D eigenvalue weighted by Gasteiger charge is 2.15. The molecule has 0 spiro atoms. The summed E-state index contributed by atoms with van der Waals surface area (Å²) in [5.41, 5.74) is 0.997. The molecule has 1 N–H and O–H groups in total. The Balaban J connectivity index is 1.47. The second-order valence-corrected chi connectivity index (χ2v) is 7.43. The van der Waals surface area contributed by atoms with Crippen molar-refractivity contribution in [1.82, 2.24) is 20.1 Å². The minimum Gasteiger partial charge on any atom is -0.451 e. The number of nitrogens with one attached hydrogen (secondary N) is 1. The van der Waals surface area contributed by atoms with E-state index in [1.165, 1.54) is 10.7 Å². The predicted molar refractivity (Wildman–Crippen MR) is 123 cm³/mol. The molecule has 162 valence electrons. The molecule has 3 heterocycles. The normalized spacial score (nSPS) is 11.0. The lowest BCUT2D eigenvalue weighted by Gasteiger charge is -2.11. The molecule has 0 aliphatic rings. The number of para-hydroxylation sites is 1. The van der Waals surface area contributed by atoms with Crippen molar-refractivity contribution in [2.45, 2.75) is 13.1 Å². The molecule has 0 radical (unpaired) electrons. The van der Waals surface area contributed by atoms with Crippen molar-refractivity contribution < 1.29 is 9.21 Å². The number of carbonyl (C=O) groups is 1. The maximum atomic E-state index is 12.9. The summed E-state index contributed by atoms with van der Waals surface area (Å²) < 4.78 is 6.94. The first-order valence-corrected chi connectivity index (χ1v) is 10.3. The third-order valence-electron chi connectivity index (χ3n) is 5.26. The summed E-state index contributed by atoms with van der Waals surface area (Å²) in [6.45, 7) is 0.239. The highest BCUT2D eigenvalue weighted by atomic mass is 16.3. The topological polar surface area (TPSA) is 107 Å². The molecule has 0 saturated carbocycles. The number of aromatic nitrogens is 3. The van der Waals surface area contributed by atoms with Gasteiger partial charge in [0.1, 0.15) is 5.58 Å². The molecule has 0 unspecified atom stereocenters. The lowest BCUT2D eigenvalue weighted by molar-refractivity contribution is 0.0923. The summed E-state index contributed by atoms with van der Waals surface area (Å²) in [6.07, 6.45) is 1.65. The lowest BCUT2D eigenvalue weighted by atomic mass is 10.1. The van der Waals surface area contributed by atoms with Crippen molar-refractivity contribution in [1.29, 1.82) is 0 Å². The Bertz CT molecular complexity index is 1610. The van der Waals surface area contributed by atoms with E-state index in [9.17, 15) is 14.4 Å². The number of amides is 1. The van der Waals surface area contributed by atoms with Crippen molar-refractivity contribution in [3.05, 3.63) is 117 Å². The predicted octanol–water partition coefficient (Wildman–Crippen LogP) is 2.88. The fourth-order valence-electron chi connectivity index (χ4n) is 3.66. The highest BCUT2D eigenvalue weighted by Crippen LogP contribution is 2.15. The number of benzene rings is 2. The summed E-state index contributed by atoms with van der Waals surface area (Å²) in [7, 11) is 0. The van der Waals surface area contributed by atoms with Crippen LogP contribution in [0.25, 0.3) is 21.7 Å². The molecule has 0 fully saturated rings. The molecular formula is C25H18N4O4. The van der Waals surface area contributed by atoms with Gasteiger partial charge in [0.15, 0.2) is 11.2 Å². The Morgan fingerprint density at radius 2 is 1.64 bits per heavy atom. The first-order valence-electron chi connectivity index (χ1n) is 10.3. The summed E-state index contributed by atoms with van der Waals surface area (Å²) in [5, 5.41) is 8.77. The van der Waals surface area contributed by atoms with Gasteiger partial charge in [0.05, 0.1) is 35.2 Å². The molecule has 33 heavy (non-hydrogen) atoms. The zero-order chi connectivity index (χ0) is 22.8. The second-order valence-electron chi connectivity index (χ2n) is 7.43. The van der Waals surface area contributed by atoms with E-state index in [1.807, 2.05) is 12.1 Å². The van der Waals surface area contributed by atoms with E-state index < -0.39 is 5.91 Å². The largest absolute Gasteiger partial charge is 0.451 e. The van der Waals surface area contributed by atoms with Gasteiger partial charge in [0.25, 0.3) is 11.5 Å². The number of rotatable bonds is 5. The minimum absolute atomic E-state index is 0.0401. The SMILES string of the molecule is O=C(NCc1nn(Cc2ccccn2)c(=O)c2ccccc12)c1cc(=O)c2ccccc2o1. The van der Waals surface area contributed by atoms with Crippen LogP contribution in [-0.4, -0.2) is 20.7 Å². The number of carbonyl (C=O) groups excluding carboxylic acids is 1. The van der Waals surface area contributed by atoms with Gasteiger partial charge in [-0.05, 0) is 30.3 Å². The van der Waals surface area contributed by atoms with E-state index in [1.54, 1.807) is 60.8 Å². The van der Waals surface area contributed by atoms with E-state index in [4.69, 9.17) is 4.42 Å². The molecule has 1 amide bonds. The van der Waals surface area contributed by atoms with Crippen LogP contribution in [0.15, 0.2) is 93.0 Å². The van der Waals surface area contributed by atoms with Crippen molar-refractivity contribution in [3.8, 4) is 0 Å². The van der Waals surface area contributed by atoms with E-state index in [0.29, 0.717) is 33.1 Å². The number of fused-ring (bicyclic) bond motifs is 2. The van der Waals surface area contributed by atoms with Crippen molar-refractivity contribution >= 4 is 27.6 Å². The van der Waals surface area contributed by atoms with E-state index >= 15 is 0 Å². The molecule has 3 aromatic heterocycles. The van der Waals surface area contributed by atoms with Crippen molar-refractivity contribution in [3.63, 3.8) is 0 Å². The molecule has 0 bridgehead atoms. The van der Waals surface area contributed by atoms with Crippen molar-refractivity contribution in [2.75, 3.05) is 0 Å². The Morgan fingerprint density at radius 1 is 0.909 bits per heavy atom. The molecule has 0 aliphatic heterocycles. The average Bonchev–Trinajstić information content (AvgIpc) is 2.85. The van der Waals surface area contributed by atoms with E-state index in [2.05, 4.69) is 15.4 Å². The first-order chi connectivity index (χ1) is 16.1. The van der Waals surface area contributed by atoms with Crippen molar-refractivity contribution in [2.24, 2.45) is 0 Å². The molecule has 0 saturated heterocycles. The van der Waals surface area contributed by atoms with Gasteiger partial charge in [-0.3, -0.25) is 19.4 Å². The van der Waals surface area contributed by atoms with Gasteiger partial charge in [-0.15, -0.1) is 0 Å². The molecule has 8 heteroatoms. The zero-order valence-corrected chi connectivity index (χ0v) is 17.4. The average molecular weight is 438 g/mol. The third kappa shape index (κ3) is 4.01. The van der Waals surface area contributed by atoms with Gasteiger partial charge in [-0.1, -0.05) is 36.4 Å². The quantitative estimate of drug-likeness (QED) is 0.452. The highest BCUT2D eigenvalue weighted by molar-refractivity contribution is 5.93. The summed E-state index contributed by atoms with van der Waals surface area (Å²) >= 11 is 0. The number of hydrogen-bond donors (Lipinski definition) is 1. The zero-order valence-electron chi connectivity index (χ0n) is 17.4. The van der Waals surface area contributed by atoms with E-state index in [0.717, 1.165) is 0 Å². The van der Waals surface area contributed by atoms with Crippen LogP contribution < -0.4 is 16.3 Å². The van der Waals surface area contributed by atoms with Crippen LogP contribution in [0.5, 0.6) is 0 Å². The summed E-state index contributed by atoms with van der Waals surface area (Å²) in [4.78, 5) is 42.3. The second kappa shape index (κ2) is 8.51. The van der Waals surface area contributed by atoms with Gasteiger partial charge in [-0.2, -0.15) is 5.10 Å². The van der Waals surface area contributed by atoms with Crippen LogP contribution in [0.2, 0.25) is 0 Å². The van der Waals surface area contributed by atoms with Gasteiger partial charge in [0, 0.05) is 17.6 Å². The van der Waals surface area contributed by atoms with Crippen LogP contribution in [-0.2, 0) is 13.1 Å². The Morgan fingerprint density at radius 3 is 2.42 bits per heavy atom. The molecule has 2 aromatic carbocycles. The molecule has 5 rings (SSSR count). The van der Waals surface area contributed by atoms with Gasteiger partial charge >= 0.3 is 0 Å². The number of pyridine rings is 1. The van der Waals surface area contributed by atoms with E-state index in [-0.39, 0.29) is 29.8 Å². The van der Waals surface area contributed by atoms with Gasteiger partial charge < -0.3 is 9.73 Å². The summed E-state index contributed by atoms with van der Waals surface area (Å²) in [5.74, 6) is -0.643. The molecule has 0 aliphatic carbocycles. The Labute approximate surface area is 187 Å². The Hall–Kier alpha value is -4.59. The fourth-order valence-corrected chi connectivity index (χ4v) is 3.66. The molecular weight excluding hydrogens is 420 g/mol. The third-order valence-corrected chi connectivity index (χ3v) is 5.26. The lowest BCUT2D eigenvalue weighted by Crippen LogP contribution is -2.29. The minimum atomic E-state index is -0.550. The summed E-state index contributed by atoms with van der Waals surface area (Å²) in [6, 6.07) is 20.5. The van der Waals surface area contributed by atoms with Crippen LogP contribution >= 0.6 is 0 Å². The smallest absolute Gasteiger partial charge is 0.287 e. The Kier molecular flexibility index (Phi) is 5.24. The number of hydrogen-bond acceptors (Lipinski definition) is 6. The fraction of sp³-hybridized carbons (Fsp3) is 0.0800. The maximum Gasteiger partial charge on any atom is 0.287 e. The molecule has 8 nitrogen and oxygen atoms in total. The van der Waals surface area contributed by atoms with Gasteiger partial charge in [-0.25, -0.2) is 4.68 Å². The molecule has 0 atom stereocenters. The molecule has 5 aromatic rings.